The number of anilines is 2. The summed E-state index contributed by atoms with van der Waals surface area (Å²) in [6.07, 6.45) is 2.26. The molecule has 4 aromatic rings. The Kier molecular flexibility index (Phi) is 11.4. The Balaban J connectivity index is 1.52. The minimum absolute atomic E-state index is 0.108. The second-order valence-corrected chi connectivity index (χ2v) is 12.3. The summed E-state index contributed by atoms with van der Waals surface area (Å²) in [6.45, 7) is 8.05. The average Bonchev–Trinajstić information content (AvgIpc) is 3.02. The second kappa shape index (κ2) is 15.4. The van der Waals surface area contributed by atoms with Gasteiger partial charge >= 0.3 is 0 Å². The van der Waals surface area contributed by atoms with Gasteiger partial charge in [-0.1, -0.05) is 87.0 Å². The number of rotatable bonds is 11. The number of hydrogen-bond donors (Lipinski definition) is 3. The monoisotopic (exact) mass is 625 g/mol. The quantitative estimate of drug-likeness (QED) is 0.115. The standard InChI is InChI=1S/C36H36ClN3O3S/c1-5-33(36(43)39-31-16-10-15-30(37)24(31)4)44-29-14-9-13-28(22-29)38-35(42)32(40-34(41)27-11-7-6-8-12-27)21-25-17-19-26(20-18-25)23(2)3/h6-23,33H,5H2,1-4H3,(H,38,42)(H,39,43)(H,40,41)/b32-21+. The van der Waals surface area contributed by atoms with E-state index in [2.05, 4.69) is 29.8 Å². The number of nitrogens with one attached hydrogen (secondary N) is 3. The third-order valence-corrected chi connectivity index (χ3v) is 8.77. The third kappa shape index (κ3) is 8.85. The SMILES string of the molecule is CCC(Sc1cccc(NC(=O)/C(=C\c2ccc(C(C)C)cc2)NC(=O)c2ccccc2)c1)C(=O)Nc1cccc(Cl)c1C. The van der Waals surface area contributed by atoms with E-state index in [1.54, 1.807) is 48.5 Å². The summed E-state index contributed by atoms with van der Waals surface area (Å²) < 4.78 is 0. The summed E-state index contributed by atoms with van der Waals surface area (Å²) in [5.74, 6) is -0.611. The zero-order valence-corrected chi connectivity index (χ0v) is 26.8. The molecular formula is C36H36ClN3O3S. The molecule has 4 rings (SSSR count). The lowest BCUT2D eigenvalue weighted by Crippen LogP contribution is -2.30. The predicted molar refractivity (Wildman–Crippen MR) is 182 cm³/mol. The van der Waals surface area contributed by atoms with Crippen LogP contribution in [0.5, 0.6) is 0 Å². The van der Waals surface area contributed by atoms with Crippen molar-refractivity contribution in [3.05, 3.63) is 130 Å². The van der Waals surface area contributed by atoms with Gasteiger partial charge in [-0.3, -0.25) is 14.4 Å². The fourth-order valence-corrected chi connectivity index (χ4v) is 5.56. The van der Waals surface area contributed by atoms with Crippen LogP contribution in [-0.2, 0) is 9.59 Å². The summed E-state index contributed by atoms with van der Waals surface area (Å²) in [5.41, 5.74) is 4.54. The molecule has 0 bridgehead atoms. The lowest BCUT2D eigenvalue weighted by Gasteiger charge is -2.17. The van der Waals surface area contributed by atoms with Gasteiger partial charge in [0.1, 0.15) is 5.70 Å². The molecule has 0 fully saturated rings. The van der Waals surface area contributed by atoms with Crippen LogP contribution < -0.4 is 16.0 Å². The van der Waals surface area contributed by atoms with Gasteiger partial charge in [-0.2, -0.15) is 0 Å². The number of hydrogen-bond acceptors (Lipinski definition) is 4. The maximum absolute atomic E-state index is 13.5. The van der Waals surface area contributed by atoms with Crippen LogP contribution in [0.15, 0.2) is 108 Å². The van der Waals surface area contributed by atoms with E-state index < -0.39 is 5.91 Å². The van der Waals surface area contributed by atoms with Crippen LogP contribution in [0.3, 0.4) is 0 Å². The molecule has 3 N–H and O–H groups in total. The highest BCUT2D eigenvalue weighted by atomic mass is 35.5. The van der Waals surface area contributed by atoms with Crippen molar-refractivity contribution >= 4 is 58.5 Å². The topological polar surface area (TPSA) is 87.3 Å². The minimum Gasteiger partial charge on any atom is -0.325 e. The van der Waals surface area contributed by atoms with Crippen LogP contribution >= 0.6 is 23.4 Å². The van der Waals surface area contributed by atoms with Gasteiger partial charge in [-0.05, 0) is 84.5 Å². The summed E-state index contributed by atoms with van der Waals surface area (Å²) in [4.78, 5) is 40.5. The van der Waals surface area contributed by atoms with Crippen LogP contribution in [0, 0.1) is 6.92 Å². The molecule has 0 saturated heterocycles. The van der Waals surface area contributed by atoms with E-state index in [4.69, 9.17) is 11.6 Å². The summed E-state index contributed by atoms with van der Waals surface area (Å²) in [6, 6.07) is 29.3. The fraction of sp³-hybridized carbons (Fsp3) is 0.194. The molecule has 0 saturated carbocycles. The number of benzene rings is 4. The molecule has 0 aromatic heterocycles. The van der Waals surface area contributed by atoms with Crippen molar-refractivity contribution in [2.45, 2.75) is 50.2 Å². The van der Waals surface area contributed by atoms with Crippen molar-refractivity contribution in [1.82, 2.24) is 5.32 Å². The Morgan fingerprint density at radius 3 is 2.25 bits per heavy atom. The van der Waals surface area contributed by atoms with Gasteiger partial charge in [-0.15, -0.1) is 11.8 Å². The van der Waals surface area contributed by atoms with Crippen molar-refractivity contribution in [1.29, 1.82) is 0 Å². The van der Waals surface area contributed by atoms with Crippen molar-refractivity contribution in [3.63, 3.8) is 0 Å². The van der Waals surface area contributed by atoms with Gasteiger partial charge in [0.2, 0.25) is 5.91 Å². The highest BCUT2D eigenvalue weighted by Crippen LogP contribution is 2.30. The first-order chi connectivity index (χ1) is 21.1. The molecule has 0 aliphatic rings. The van der Waals surface area contributed by atoms with Crippen molar-refractivity contribution in [2.24, 2.45) is 0 Å². The molecule has 6 nitrogen and oxygen atoms in total. The van der Waals surface area contributed by atoms with Gasteiger partial charge < -0.3 is 16.0 Å². The first-order valence-corrected chi connectivity index (χ1v) is 15.7. The smallest absolute Gasteiger partial charge is 0.272 e. The molecule has 4 aromatic carbocycles. The van der Waals surface area contributed by atoms with E-state index in [9.17, 15) is 14.4 Å². The molecule has 8 heteroatoms. The Hall–Kier alpha value is -4.33. The zero-order chi connectivity index (χ0) is 31.6. The van der Waals surface area contributed by atoms with E-state index in [1.165, 1.54) is 17.3 Å². The number of amides is 3. The van der Waals surface area contributed by atoms with Crippen molar-refractivity contribution in [3.8, 4) is 0 Å². The lowest BCUT2D eigenvalue weighted by molar-refractivity contribution is -0.116. The molecule has 0 aliphatic heterocycles. The van der Waals surface area contributed by atoms with Gasteiger partial charge in [0, 0.05) is 26.9 Å². The van der Waals surface area contributed by atoms with Crippen molar-refractivity contribution in [2.75, 3.05) is 10.6 Å². The number of halogens is 1. The van der Waals surface area contributed by atoms with E-state index in [0.717, 1.165) is 16.0 Å². The van der Waals surface area contributed by atoms with Crippen LogP contribution in [0.4, 0.5) is 11.4 Å². The average molecular weight is 626 g/mol. The normalized spacial score (nSPS) is 12.0. The predicted octanol–water partition coefficient (Wildman–Crippen LogP) is 8.69. The largest absolute Gasteiger partial charge is 0.325 e. The van der Waals surface area contributed by atoms with Crippen LogP contribution in [0.2, 0.25) is 5.02 Å². The first-order valence-electron chi connectivity index (χ1n) is 14.5. The van der Waals surface area contributed by atoms with Gasteiger partial charge in [0.15, 0.2) is 0 Å². The molecule has 44 heavy (non-hydrogen) atoms. The van der Waals surface area contributed by atoms with Gasteiger partial charge in [0.25, 0.3) is 11.8 Å². The third-order valence-electron chi connectivity index (χ3n) is 7.00. The molecule has 0 aliphatic carbocycles. The number of carbonyl (C=O) groups excluding carboxylic acids is 3. The van der Waals surface area contributed by atoms with Crippen molar-refractivity contribution < 1.29 is 14.4 Å². The van der Waals surface area contributed by atoms with E-state index in [0.29, 0.717) is 34.3 Å². The lowest BCUT2D eigenvalue weighted by atomic mass is 10.0. The molecule has 3 amide bonds. The van der Waals surface area contributed by atoms with E-state index >= 15 is 0 Å². The maximum Gasteiger partial charge on any atom is 0.272 e. The van der Waals surface area contributed by atoms with E-state index in [1.807, 2.05) is 68.4 Å². The number of thioether (sulfide) groups is 1. The number of carbonyl (C=O) groups is 3. The molecule has 0 spiro atoms. The molecule has 1 unspecified atom stereocenters. The molecule has 226 valence electrons. The zero-order valence-electron chi connectivity index (χ0n) is 25.2. The molecule has 0 radical (unpaired) electrons. The van der Waals surface area contributed by atoms with Gasteiger partial charge in [-0.25, -0.2) is 0 Å². The maximum atomic E-state index is 13.5. The van der Waals surface area contributed by atoms with Crippen LogP contribution in [0.1, 0.15) is 60.2 Å². The summed E-state index contributed by atoms with van der Waals surface area (Å²) >= 11 is 7.63. The minimum atomic E-state index is -0.467. The van der Waals surface area contributed by atoms with E-state index in [-0.39, 0.29) is 22.8 Å². The second-order valence-electron chi connectivity index (χ2n) is 10.6. The Morgan fingerprint density at radius 1 is 0.864 bits per heavy atom. The highest BCUT2D eigenvalue weighted by Gasteiger charge is 2.20. The molecule has 0 heterocycles. The highest BCUT2D eigenvalue weighted by molar-refractivity contribution is 8.00. The first kappa shape index (κ1) is 32.6. The van der Waals surface area contributed by atoms with Gasteiger partial charge in [0.05, 0.1) is 5.25 Å². The summed E-state index contributed by atoms with van der Waals surface area (Å²) in [5, 5.41) is 8.91. The van der Waals surface area contributed by atoms with Crippen LogP contribution in [-0.4, -0.2) is 23.0 Å². The Labute approximate surface area is 268 Å². The fourth-order valence-electron chi connectivity index (χ4n) is 4.37. The summed E-state index contributed by atoms with van der Waals surface area (Å²) in [7, 11) is 0. The Morgan fingerprint density at radius 2 is 1.57 bits per heavy atom. The van der Waals surface area contributed by atoms with Crippen LogP contribution in [0.25, 0.3) is 6.08 Å². The molecule has 1 atom stereocenters. The Bertz CT molecular complexity index is 1650. The molecular weight excluding hydrogens is 590 g/mol.